The first-order valence-electron chi connectivity index (χ1n) is 16.1. The lowest BCUT2D eigenvalue weighted by atomic mass is 9.67. The maximum absolute atomic E-state index is 2.54. The SMILES string of the molecule is c1ccc2c(c1)c1ccccc1n2-c1ccc2c(c1)C1(CCCCC1)c1cc(-n3c4ccccc4c4ccccc43)ccc1-2. The maximum Gasteiger partial charge on any atom is 0.0541 e. The molecule has 8 aromatic rings. The number of fused-ring (bicyclic) bond motifs is 11. The Bertz CT molecular complexity index is 2160. The largest absolute Gasteiger partial charge is 0.309 e. The minimum absolute atomic E-state index is 0.0481. The Hall–Kier alpha value is -5.08. The molecule has 1 spiro atoms. The second kappa shape index (κ2) is 8.97. The van der Waals surface area contributed by atoms with E-state index in [2.05, 4.69) is 143 Å². The van der Waals surface area contributed by atoms with Crippen LogP contribution in [0.4, 0.5) is 0 Å². The summed E-state index contributed by atoms with van der Waals surface area (Å²) in [5.74, 6) is 0. The van der Waals surface area contributed by atoms with Gasteiger partial charge >= 0.3 is 0 Å². The fourth-order valence-electron chi connectivity index (χ4n) is 8.84. The summed E-state index contributed by atoms with van der Waals surface area (Å²) < 4.78 is 4.96. The van der Waals surface area contributed by atoms with E-state index in [1.165, 1.54) is 109 Å². The maximum atomic E-state index is 2.54. The van der Waals surface area contributed by atoms with Gasteiger partial charge in [-0.05, 0) is 83.6 Å². The molecule has 6 aromatic carbocycles. The van der Waals surface area contributed by atoms with Crippen molar-refractivity contribution in [2.24, 2.45) is 0 Å². The summed E-state index contributed by atoms with van der Waals surface area (Å²) in [4.78, 5) is 0. The van der Waals surface area contributed by atoms with Crippen molar-refractivity contribution in [1.29, 1.82) is 0 Å². The number of benzene rings is 6. The number of aromatic nitrogens is 2. The highest BCUT2D eigenvalue weighted by Crippen LogP contribution is 2.57. The minimum Gasteiger partial charge on any atom is -0.309 e. The van der Waals surface area contributed by atoms with Gasteiger partial charge in [-0.25, -0.2) is 0 Å². The van der Waals surface area contributed by atoms with Gasteiger partial charge in [0.05, 0.1) is 22.1 Å². The van der Waals surface area contributed by atoms with Crippen LogP contribution in [0, 0.1) is 0 Å². The topological polar surface area (TPSA) is 9.86 Å². The summed E-state index contributed by atoms with van der Waals surface area (Å²) >= 11 is 0. The Morgan fingerprint density at radius 2 is 0.750 bits per heavy atom. The highest BCUT2D eigenvalue weighted by molar-refractivity contribution is 6.10. The summed E-state index contributed by atoms with van der Waals surface area (Å²) in [7, 11) is 0. The van der Waals surface area contributed by atoms with Crippen molar-refractivity contribution in [1.82, 2.24) is 9.13 Å². The van der Waals surface area contributed by atoms with Crippen LogP contribution in [0.2, 0.25) is 0 Å². The molecule has 0 aliphatic heterocycles. The third kappa shape index (κ3) is 3.15. The summed E-state index contributed by atoms with van der Waals surface area (Å²) in [6.07, 6.45) is 6.29. The van der Waals surface area contributed by atoms with Crippen molar-refractivity contribution < 1.29 is 0 Å². The molecule has 0 N–H and O–H groups in total. The van der Waals surface area contributed by atoms with E-state index in [1.807, 2.05) is 0 Å². The molecule has 2 heteroatoms. The lowest BCUT2D eigenvalue weighted by Crippen LogP contribution is -2.28. The van der Waals surface area contributed by atoms with Crippen LogP contribution in [0.15, 0.2) is 133 Å². The van der Waals surface area contributed by atoms with E-state index in [4.69, 9.17) is 0 Å². The van der Waals surface area contributed by atoms with Gasteiger partial charge in [-0.3, -0.25) is 0 Å². The van der Waals surface area contributed by atoms with Crippen molar-refractivity contribution in [2.45, 2.75) is 37.5 Å². The van der Waals surface area contributed by atoms with Gasteiger partial charge < -0.3 is 9.13 Å². The molecule has 0 atom stereocenters. The van der Waals surface area contributed by atoms with Gasteiger partial charge in [0, 0.05) is 38.3 Å². The average molecular weight is 565 g/mol. The van der Waals surface area contributed by atoms with Gasteiger partial charge in [-0.15, -0.1) is 0 Å². The van der Waals surface area contributed by atoms with Crippen LogP contribution in [0.1, 0.15) is 43.2 Å². The first kappa shape index (κ1) is 24.4. The number of hydrogen-bond acceptors (Lipinski definition) is 0. The zero-order valence-corrected chi connectivity index (χ0v) is 24.6. The van der Waals surface area contributed by atoms with E-state index in [1.54, 1.807) is 0 Å². The van der Waals surface area contributed by atoms with Crippen LogP contribution < -0.4 is 0 Å². The second-order valence-corrected chi connectivity index (χ2v) is 12.8. The zero-order chi connectivity index (χ0) is 28.8. The quantitative estimate of drug-likeness (QED) is 0.198. The molecule has 2 nitrogen and oxygen atoms in total. The van der Waals surface area contributed by atoms with Gasteiger partial charge in [0.15, 0.2) is 0 Å². The lowest BCUT2D eigenvalue weighted by Gasteiger charge is -2.36. The molecule has 10 rings (SSSR count). The lowest BCUT2D eigenvalue weighted by molar-refractivity contribution is 0.353. The van der Waals surface area contributed by atoms with Crippen LogP contribution in [-0.4, -0.2) is 9.13 Å². The molecular formula is C42H32N2. The van der Waals surface area contributed by atoms with Crippen molar-refractivity contribution in [3.8, 4) is 22.5 Å². The van der Waals surface area contributed by atoms with Crippen molar-refractivity contribution in [3.63, 3.8) is 0 Å². The molecule has 0 bridgehead atoms. The smallest absolute Gasteiger partial charge is 0.0541 e. The van der Waals surface area contributed by atoms with Crippen LogP contribution in [-0.2, 0) is 5.41 Å². The molecule has 2 heterocycles. The Labute approximate surface area is 256 Å². The van der Waals surface area contributed by atoms with Crippen LogP contribution >= 0.6 is 0 Å². The van der Waals surface area contributed by atoms with E-state index >= 15 is 0 Å². The normalized spacial score (nSPS) is 15.5. The minimum atomic E-state index is 0.0481. The van der Waals surface area contributed by atoms with E-state index in [0.29, 0.717) is 0 Å². The highest BCUT2D eigenvalue weighted by Gasteiger charge is 2.44. The van der Waals surface area contributed by atoms with Crippen molar-refractivity contribution in [3.05, 3.63) is 145 Å². The Kier molecular flexibility index (Phi) is 4.97. The van der Waals surface area contributed by atoms with Gasteiger partial charge in [0.1, 0.15) is 0 Å². The molecule has 0 saturated heterocycles. The van der Waals surface area contributed by atoms with Crippen molar-refractivity contribution >= 4 is 43.6 Å². The number of nitrogens with zero attached hydrogens (tertiary/aromatic N) is 2. The molecule has 2 aliphatic rings. The average Bonchev–Trinajstić information content (AvgIpc) is 3.69. The number of para-hydroxylation sites is 4. The molecule has 0 amide bonds. The Morgan fingerprint density at radius 1 is 0.386 bits per heavy atom. The van der Waals surface area contributed by atoms with Gasteiger partial charge in [-0.1, -0.05) is 104 Å². The third-order valence-corrected chi connectivity index (χ3v) is 10.7. The van der Waals surface area contributed by atoms with E-state index < -0.39 is 0 Å². The Morgan fingerprint density at radius 3 is 1.14 bits per heavy atom. The summed E-state index contributed by atoms with van der Waals surface area (Å²) in [6.45, 7) is 0. The van der Waals surface area contributed by atoms with Crippen LogP contribution in [0.25, 0.3) is 66.1 Å². The summed E-state index contributed by atoms with van der Waals surface area (Å²) in [5.41, 5.74) is 13.5. The van der Waals surface area contributed by atoms with Gasteiger partial charge in [-0.2, -0.15) is 0 Å². The Balaban J connectivity index is 1.21. The summed E-state index contributed by atoms with van der Waals surface area (Å²) in [6, 6.07) is 50.0. The molecule has 2 aromatic heterocycles. The second-order valence-electron chi connectivity index (χ2n) is 12.8. The standard InChI is InChI=1S/C42H32N2/c1-10-24-42(25-11-1)36-26-28(43-38-16-6-2-12-32(38)33-13-3-7-17-39(33)43)20-22-30(36)31-23-21-29(27-37(31)42)44-40-18-8-4-14-34(40)35-15-5-9-19-41(35)44/h2-9,12-23,26-27H,1,10-11,24-25H2. The predicted octanol–water partition coefficient (Wildman–Crippen LogP) is 11.1. The molecular weight excluding hydrogens is 532 g/mol. The third-order valence-electron chi connectivity index (χ3n) is 10.7. The van der Waals surface area contributed by atoms with Gasteiger partial charge in [0.2, 0.25) is 0 Å². The first-order valence-corrected chi connectivity index (χ1v) is 16.1. The predicted molar refractivity (Wildman–Crippen MR) is 184 cm³/mol. The monoisotopic (exact) mass is 564 g/mol. The van der Waals surface area contributed by atoms with Crippen molar-refractivity contribution in [2.75, 3.05) is 0 Å². The fraction of sp³-hybridized carbons (Fsp3) is 0.143. The van der Waals surface area contributed by atoms with E-state index in [-0.39, 0.29) is 5.41 Å². The first-order chi connectivity index (χ1) is 21.8. The zero-order valence-electron chi connectivity index (χ0n) is 24.6. The molecule has 1 saturated carbocycles. The molecule has 0 unspecified atom stereocenters. The molecule has 2 aliphatic carbocycles. The molecule has 44 heavy (non-hydrogen) atoms. The number of hydrogen-bond donors (Lipinski definition) is 0. The summed E-state index contributed by atoms with van der Waals surface area (Å²) in [5, 5.41) is 5.26. The van der Waals surface area contributed by atoms with Crippen LogP contribution in [0.5, 0.6) is 0 Å². The highest BCUT2D eigenvalue weighted by atomic mass is 15.0. The molecule has 210 valence electrons. The van der Waals surface area contributed by atoms with Crippen LogP contribution in [0.3, 0.4) is 0 Å². The van der Waals surface area contributed by atoms with Gasteiger partial charge in [0.25, 0.3) is 0 Å². The molecule has 0 radical (unpaired) electrons. The van der Waals surface area contributed by atoms with E-state index in [9.17, 15) is 0 Å². The number of rotatable bonds is 2. The fourth-order valence-corrected chi connectivity index (χ4v) is 8.84. The van der Waals surface area contributed by atoms with E-state index in [0.717, 1.165) is 0 Å². The molecule has 1 fully saturated rings.